The van der Waals surface area contributed by atoms with Crippen LogP contribution in [-0.4, -0.2) is 18.5 Å². The fourth-order valence-corrected chi connectivity index (χ4v) is 0. The first kappa shape index (κ1) is 9.81. The van der Waals surface area contributed by atoms with Crippen molar-refractivity contribution in [3.63, 3.8) is 0 Å². The van der Waals surface area contributed by atoms with E-state index in [4.69, 9.17) is 5.11 Å². The first-order valence-electron chi connectivity index (χ1n) is 1.48. The summed E-state index contributed by atoms with van der Waals surface area (Å²) in [6.07, 6.45) is -0.616. The molecular weight excluding hydrogens is 116 g/mol. The molecule has 1 N–H and O–H groups in total. The van der Waals surface area contributed by atoms with Gasteiger partial charge in [-0.1, -0.05) is 0 Å². The van der Waals surface area contributed by atoms with Gasteiger partial charge in [-0.05, 0) is 6.92 Å². The van der Waals surface area contributed by atoms with Gasteiger partial charge >= 0.3 is 0 Å². The minimum atomic E-state index is -0.616. The molecule has 36 valence electrons. The molecule has 0 aromatic heterocycles. The van der Waals surface area contributed by atoms with Gasteiger partial charge in [-0.25, -0.2) is 0 Å². The third-order valence-electron chi connectivity index (χ3n) is 0.341. The molecule has 6 heavy (non-hydrogen) atoms. The van der Waals surface area contributed by atoms with Crippen LogP contribution < -0.4 is 0 Å². The normalized spacial score (nSPS) is 12.5. The molecule has 0 saturated carbocycles. The maximum absolute atomic E-state index is 8.14. The second kappa shape index (κ2) is 5.63. The SMILES string of the molecule is COC(C)O.[Ti]. The minimum Gasteiger partial charge on any atom is -0.368 e. The second-order valence-corrected chi connectivity index (χ2v) is 0.835. The van der Waals surface area contributed by atoms with Crippen molar-refractivity contribution in [2.75, 3.05) is 7.11 Å². The van der Waals surface area contributed by atoms with Crippen LogP contribution in [-0.2, 0) is 26.5 Å². The number of aliphatic hydroxyl groups is 1. The Hall–Kier alpha value is 0.634. The smallest absolute Gasteiger partial charge is 0.151 e. The third-order valence-corrected chi connectivity index (χ3v) is 0.341. The molecule has 0 amide bonds. The molecule has 0 fully saturated rings. The van der Waals surface area contributed by atoms with Crippen molar-refractivity contribution in [3.05, 3.63) is 0 Å². The molecule has 0 saturated heterocycles. The summed E-state index contributed by atoms with van der Waals surface area (Å²) in [4.78, 5) is 0. The van der Waals surface area contributed by atoms with Crippen molar-refractivity contribution in [1.82, 2.24) is 0 Å². The first-order chi connectivity index (χ1) is 2.27. The van der Waals surface area contributed by atoms with E-state index in [9.17, 15) is 0 Å². The Balaban J connectivity index is 0. The van der Waals surface area contributed by atoms with Crippen LogP contribution in [0, 0.1) is 0 Å². The largest absolute Gasteiger partial charge is 0.368 e. The molecule has 0 radical (unpaired) electrons. The monoisotopic (exact) mass is 124 g/mol. The van der Waals surface area contributed by atoms with E-state index in [1.807, 2.05) is 0 Å². The van der Waals surface area contributed by atoms with Crippen molar-refractivity contribution in [2.45, 2.75) is 13.2 Å². The molecule has 0 bridgehead atoms. The van der Waals surface area contributed by atoms with Crippen molar-refractivity contribution in [1.29, 1.82) is 0 Å². The molecule has 0 aromatic carbocycles. The van der Waals surface area contributed by atoms with Crippen LogP contribution in [0.25, 0.3) is 0 Å². The predicted octanol–water partition coefficient (Wildman–Crippen LogP) is -0.0314. The standard InChI is InChI=1S/C3H8O2.Ti/c1-3(4)5-2;/h3-4H,1-2H3;. The molecule has 0 aliphatic rings. The summed E-state index contributed by atoms with van der Waals surface area (Å²) in [5.74, 6) is 0. The topological polar surface area (TPSA) is 29.5 Å². The Labute approximate surface area is 52.4 Å². The minimum absolute atomic E-state index is 0. The van der Waals surface area contributed by atoms with E-state index in [1.165, 1.54) is 7.11 Å². The van der Waals surface area contributed by atoms with Crippen LogP contribution in [0.15, 0.2) is 0 Å². The molecule has 2 nitrogen and oxygen atoms in total. The van der Waals surface area contributed by atoms with E-state index in [1.54, 1.807) is 6.92 Å². The molecule has 0 spiro atoms. The number of hydrogen-bond donors (Lipinski definition) is 1. The molecule has 3 heteroatoms. The Morgan fingerprint density at radius 3 is 1.83 bits per heavy atom. The van der Waals surface area contributed by atoms with E-state index < -0.39 is 6.29 Å². The number of hydrogen-bond acceptors (Lipinski definition) is 2. The van der Waals surface area contributed by atoms with Gasteiger partial charge in [0.2, 0.25) is 0 Å². The Bertz CT molecular complexity index is 22.8. The third kappa shape index (κ3) is 8.82. The van der Waals surface area contributed by atoms with Crippen LogP contribution in [0.5, 0.6) is 0 Å². The molecular formula is C3H8O2Ti. The Morgan fingerprint density at radius 2 is 1.83 bits per heavy atom. The maximum Gasteiger partial charge on any atom is 0.151 e. The van der Waals surface area contributed by atoms with Gasteiger partial charge in [0, 0.05) is 28.8 Å². The second-order valence-electron chi connectivity index (χ2n) is 0.835. The first-order valence-corrected chi connectivity index (χ1v) is 1.48. The van der Waals surface area contributed by atoms with Gasteiger partial charge in [0.25, 0.3) is 0 Å². The summed E-state index contributed by atoms with van der Waals surface area (Å²) in [6.45, 7) is 1.56. The van der Waals surface area contributed by atoms with Gasteiger partial charge in [0.15, 0.2) is 6.29 Å². The van der Waals surface area contributed by atoms with Crippen LogP contribution in [0.2, 0.25) is 0 Å². The number of ether oxygens (including phenoxy) is 1. The van der Waals surface area contributed by atoms with E-state index in [0.29, 0.717) is 0 Å². The molecule has 1 unspecified atom stereocenters. The van der Waals surface area contributed by atoms with Crippen LogP contribution in [0.1, 0.15) is 6.92 Å². The summed E-state index contributed by atoms with van der Waals surface area (Å²) < 4.78 is 4.31. The van der Waals surface area contributed by atoms with Gasteiger partial charge < -0.3 is 9.84 Å². The van der Waals surface area contributed by atoms with E-state index >= 15 is 0 Å². The molecule has 0 aliphatic carbocycles. The zero-order valence-electron chi connectivity index (χ0n) is 3.93. The molecule has 0 rings (SSSR count). The van der Waals surface area contributed by atoms with Gasteiger partial charge in [-0.3, -0.25) is 0 Å². The van der Waals surface area contributed by atoms with Gasteiger partial charge in [0.1, 0.15) is 0 Å². The summed E-state index contributed by atoms with van der Waals surface area (Å²) in [6, 6.07) is 0. The molecule has 0 aliphatic heterocycles. The van der Waals surface area contributed by atoms with E-state index in [0.717, 1.165) is 0 Å². The zero-order chi connectivity index (χ0) is 4.28. The fraction of sp³-hybridized carbons (Fsp3) is 1.00. The van der Waals surface area contributed by atoms with E-state index in [-0.39, 0.29) is 21.7 Å². The summed E-state index contributed by atoms with van der Waals surface area (Å²) >= 11 is 0. The fourth-order valence-electron chi connectivity index (χ4n) is 0. The van der Waals surface area contributed by atoms with Crippen molar-refractivity contribution >= 4 is 0 Å². The Morgan fingerprint density at radius 1 is 1.67 bits per heavy atom. The zero-order valence-corrected chi connectivity index (χ0v) is 5.49. The summed E-state index contributed by atoms with van der Waals surface area (Å²) in [7, 11) is 1.45. The van der Waals surface area contributed by atoms with Crippen molar-refractivity contribution < 1.29 is 31.6 Å². The summed E-state index contributed by atoms with van der Waals surface area (Å²) in [5, 5.41) is 8.14. The average molecular weight is 124 g/mol. The van der Waals surface area contributed by atoms with Crippen LogP contribution in [0.3, 0.4) is 0 Å². The van der Waals surface area contributed by atoms with Crippen LogP contribution in [0.4, 0.5) is 0 Å². The van der Waals surface area contributed by atoms with Crippen molar-refractivity contribution in [2.24, 2.45) is 0 Å². The quantitative estimate of drug-likeness (QED) is 0.392. The van der Waals surface area contributed by atoms with Gasteiger partial charge in [0.05, 0.1) is 0 Å². The predicted molar refractivity (Wildman–Crippen MR) is 18.7 cm³/mol. The van der Waals surface area contributed by atoms with Gasteiger partial charge in [-0.2, -0.15) is 0 Å². The number of rotatable bonds is 1. The van der Waals surface area contributed by atoms with E-state index in [2.05, 4.69) is 4.74 Å². The number of methoxy groups -OCH3 is 1. The number of aliphatic hydroxyl groups excluding tert-OH is 1. The average Bonchev–Trinajstić information content (AvgIpc) is 1.38. The molecule has 0 heterocycles. The summed E-state index contributed by atoms with van der Waals surface area (Å²) in [5.41, 5.74) is 0. The molecule has 1 atom stereocenters. The molecule has 0 aromatic rings. The Kier molecular flexibility index (Phi) is 9.21. The van der Waals surface area contributed by atoms with Crippen molar-refractivity contribution in [3.8, 4) is 0 Å². The maximum atomic E-state index is 8.14. The van der Waals surface area contributed by atoms with Gasteiger partial charge in [-0.15, -0.1) is 0 Å². The van der Waals surface area contributed by atoms with Crippen LogP contribution >= 0.6 is 0 Å².